The number of halogens is 1. The van der Waals surface area contributed by atoms with Crippen molar-refractivity contribution in [2.45, 2.75) is 135 Å². The van der Waals surface area contributed by atoms with Crippen LogP contribution in [0.1, 0.15) is 113 Å². The Hall–Kier alpha value is -6.89. The molecule has 3 aliphatic rings. The molecule has 12 nitrogen and oxygen atoms in total. The number of hydrogen-bond acceptors (Lipinski definition) is 12. The van der Waals surface area contributed by atoms with E-state index < -0.39 is 40.5 Å². The average molecular weight is 1240 g/mol. The van der Waals surface area contributed by atoms with Crippen LogP contribution in [0, 0.1) is 0 Å². The Labute approximate surface area is 523 Å². The second kappa shape index (κ2) is 31.8. The van der Waals surface area contributed by atoms with Crippen molar-refractivity contribution in [1.29, 1.82) is 0 Å². The summed E-state index contributed by atoms with van der Waals surface area (Å²) < 4.78 is 38.3. The molecule has 9 rings (SSSR count). The molecule has 87 heavy (non-hydrogen) atoms. The molecular weight excluding hydrogens is 1150 g/mol. The van der Waals surface area contributed by atoms with Gasteiger partial charge in [0.05, 0.1) is 25.9 Å². The first-order valence-corrected chi connectivity index (χ1v) is 36.0. The fourth-order valence-corrected chi connectivity index (χ4v) is 11.9. The fourth-order valence-electron chi connectivity index (χ4n) is 9.92. The predicted molar refractivity (Wildman–Crippen MR) is 355 cm³/mol. The molecule has 3 atom stereocenters. The third kappa shape index (κ3) is 19.3. The summed E-state index contributed by atoms with van der Waals surface area (Å²) in [6.45, 7) is 29.3. The van der Waals surface area contributed by atoms with E-state index in [-0.39, 0.29) is 66.5 Å². The number of ether oxygens (including phenoxy) is 5. The summed E-state index contributed by atoms with van der Waals surface area (Å²) in [7, 11) is -3.39. The van der Waals surface area contributed by atoms with Crippen LogP contribution in [-0.4, -0.2) is 103 Å². The molecule has 0 amide bonds. The first-order chi connectivity index (χ1) is 41.2. The summed E-state index contributed by atoms with van der Waals surface area (Å²) in [4.78, 5) is 34.9. The quantitative estimate of drug-likeness (QED) is 0.0276. The number of aliphatic hydroxyl groups excluding tert-OH is 2. The first kappa shape index (κ1) is 69.2. The molecule has 3 aliphatic carbocycles. The lowest BCUT2D eigenvalue weighted by Gasteiger charge is -2.35. The Morgan fingerprint density at radius 1 is 0.460 bits per heavy atom. The van der Waals surface area contributed by atoms with Gasteiger partial charge in [-0.3, -0.25) is 0 Å². The highest BCUT2D eigenvalue weighted by Gasteiger charge is 2.38. The zero-order valence-electron chi connectivity index (χ0n) is 52.9. The van der Waals surface area contributed by atoms with Crippen molar-refractivity contribution in [2.24, 2.45) is 0 Å². The minimum atomic E-state index is -1.78. The van der Waals surface area contributed by atoms with Crippen LogP contribution in [0.4, 0.5) is 14.4 Å². The monoisotopic (exact) mass is 1240 g/mol. The maximum atomic E-state index is 12.3. The van der Waals surface area contributed by atoms with Crippen molar-refractivity contribution in [3.8, 4) is 33.4 Å². The molecule has 0 heterocycles. The summed E-state index contributed by atoms with van der Waals surface area (Å²) in [5.74, 6) is 0.136. The Balaban J connectivity index is 0.000000193. The molecule has 0 aromatic heterocycles. The van der Waals surface area contributed by atoms with E-state index in [4.69, 9.17) is 54.4 Å². The van der Waals surface area contributed by atoms with E-state index in [2.05, 4.69) is 141 Å². The van der Waals surface area contributed by atoms with Crippen LogP contribution in [0.2, 0.25) is 36.3 Å². The summed E-state index contributed by atoms with van der Waals surface area (Å²) in [6.07, 6.45) is 8.01. The molecule has 0 spiro atoms. The van der Waals surface area contributed by atoms with E-state index >= 15 is 0 Å². The highest BCUT2D eigenvalue weighted by atomic mass is 35.5. The molecule has 0 unspecified atom stereocenters. The average Bonchev–Trinajstić information content (AvgIpc) is 1.85. The van der Waals surface area contributed by atoms with Gasteiger partial charge in [0.1, 0.15) is 32.0 Å². The molecule has 6 aromatic rings. The van der Waals surface area contributed by atoms with Gasteiger partial charge in [-0.2, -0.15) is 0 Å². The third-order valence-corrected chi connectivity index (χ3v) is 25.7. The molecule has 464 valence electrons. The normalized spacial score (nSPS) is 14.5. The summed E-state index contributed by atoms with van der Waals surface area (Å²) in [5.41, 5.74) is 13.6. The Morgan fingerprint density at radius 3 is 0.989 bits per heavy atom. The SMILES string of the molecule is C[C@@H](/C=C\CO)OC(=O)OCC1c2ccccc2-c2ccccc21.C[C@@H](/C=C\CO[Si](C)(C)C(C)(C)C)OC(=O)OCC1c2ccccc2-c2ccccc21.C[C@H](O)/C=C\CO[Si](C)(C)C(C)(C)C.O=C(Cl)OCC1c2ccccc2-c2ccccc21. The first-order valence-electron chi connectivity index (χ1n) is 29.8. The fraction of sp³-hybridized carbons (Fsp3) is 0.375. The topological polar surface area (TPSA) is 156 Å². The van der Waals surface area contributed by atoms with E-state index in [0.717, 1.165) is 0 Å². The van der Waals surface area contributed by atoms with Crippen molar-refractivity contribution < 1.29 is 57.1 Å². The zero-order valence-corrected chi connectivity index (χ0v) is 55.6. The van der Waals surface area contributed by atoms with Crippen LogP contribution in [0.5, 0.6) is 0 Å². The van der Waals surface area contributed by atoms with Crippen LogP contribution >= 0.6 is 11.6 Å². The summed E-state index contributed by atoms with van der Waals surface area (Å²) >= 11 is 5.25. The Kier molecular flexibility index (Phi) is 25.3. The van der Waals surface area contributed by atoms with Gasteiger partial charge >= 0.3 is 17.7 Å². The Morgan fingerprint density at radius 2 is 0.724 bits per heavy atom. The number of carbonyl (C=O) groups excluding carboxylic acids is 3. The standard InChI is InChI=1S/C26H34O4Si.C20H20O4.C15H11ClO2.C11H24O2Si/c1-19(12-11-17-29-31(5,6)26(2,3)4)30-25(27)28-18-24-22-15-9-7-13-20(22)21-14-8-10-16-23(21)24;1-14(7-6-12-21)24-20(22)23-13-19-17-10-4-2-8-15(17)16-9-3-5-11-18(16)19;16-15(17)18-9-14-12-7-3-1-5-10(12)11-6-2-4-8-13(11)14;1-10(12)8-7-9-13-14(5,6)11(2,3)4/h7-16,19,24H,17-18H2,1-6H3;2-11,14,19,21H,12-13H2,1H3;1-8,14H,9H2;7-8,10,12H,9H2,1-6H3/b12-11-;7-6-;;8-7-/t19-;14-;;10-/m00.0/s1. The second-order valence-electron chi connectivity index (χ2n) is 24.8. The van der Waals surface area contributed by atoms with Crippen molar-refractivity contribution in [3.63, 3.8) is 0 Å². The highest BCUT2D eigenvalue weighted by molar-refractivity contribution is 6.74. The summed E-state index contributed by atoms with van der Waals surface area (Å²) in [6, 6.07) is 49.3. The van der Waals surface area contributed by atoms with E-state index in [1.165, 1.54) is 72.8 Å². The van der Waals surface area contributed by atoms with E-state index in [1.807, 2.05) is 97.9 Å². The zero-order chi connectivity index (χ0) is 63.5. The highest BCUT2D eigenvalue weighted by Crippen LogP contribution is 2.47. The van der Waals surface area contributed by atoms with E-state index in [1.54, 1.807) is 26.0 Å². The molecular formula is C72H89ClO12Si2. The van der Waals surface area contributed by atoms with Crippen LogP contribution in [0.25, 0.3) is 33.4 Å². The molecule has 0 saturated heterocycles. The molecule has 6 aromatic carbocycles. The van der Waals surface area contributed by atoms with Gasteiger partial charge in [0.15, 0.2) is 16.6 Å². The molecule has 0 saturated carbocycles. The predicted octanol–water partition coefficient (Wildman–Crippen LogP) is 17.9. The van der Waals surface area contributed by atoms with Crippen molar-refractivity contribution in [1.82, 2.24) is 0 Å². The third-order valence-electron chi connectivity index (χ3n) is 16.6. The van der Waals surface area contributed by atoms with Gasteiger partial charge in [-0.25, -0.2) is 14.4 Å². The van der Waals surface area contributed by atoms with Crippen LogP contribution in [0.15, 0.2) is 182 Å². The van der Waals surface area contributed by atoms with Crippen LogP contribution < -0.4 is 0 Å². The van der Waals surface area contributed by atoms with Crippen LogP contribution in [-0.2, 0) is 32.5 Å². The maximum Gasteiger partial charge on any atom is 0.508 e. The number of benzene rings is 6. The number of rotatable bonds is 18. The van der Waals surface area contributed by atoms with Crippen molar-refractivity contribution in [2.75, 3.05) is 39.6 Å². The molecule has 0 aliphatic heterocycles. The molecule has 0 radical (unpaired) electrons. The smallest absolute Gasteiger partial charge is 0.453 e. The lowest BCUT2D eigenvalue weighted by atomic mass is 9.98. The number of fused-ring (bicyclic) bond motifs is 9. The second-order valence-corrected chi connectivity index (χ2v) is 34.8. The maximum absolute atomic E-state index is 12.3. The largest absolute Gasteiger partial charge is 0.508 e. The lowest BCUT2D eigenvalue weighted by molar-refractivity contribution is 0.0391. The Bertz CT molecular complexity index is 3180. The van der Waals surface area contributed by atoms with Gasteiger partial charge in [-0.05, 0) is 136 Å². The molecule has 0 bridgehead atoms. The van der Waals surface area contributed by atoms with Gasteiger partial charge in [0, 0.05) is 29.4 Å². The van der Waals surface area contributed by atoms with Gasteiger partial charge in [-0.1, -0.05) is 211 Å². The van der Waals surface area contributed by atoms with Crippen molar-refractivity contribution in [3.05, 3.63) is 215 Å². The van der Waals surface area contributed by atoms with Gasteiger partial charge in [0.2, 0.25) is 0 Å². The lowest BCUT2D eigenvalue weighted by Crippen LogP contribution is -2.40. The van der Waals surface area contributed by atoms with Crippen molar-refractivity contribution >= 4 is 46.0 Å². The minimum Gasteiger partial charge on any atom is -0.453 e. The van der Waals surface area contributed by atoms with Crippen LogP contribution in [0.3, 0.4) is 0 Å². The van der Waals surface area contributed by atoms with E-state index in [0.29, 0.717) is 13.2 Å². The molecule has 0 fully saturated rings. The number of aliphatic hydroxyl groups is 2. The minimum absolute atomic E-state index is 0.0215. The van der Waals surface area contributed by atoms with E-state index in [9.17, 15) is 14.4 Å². The van der Waals surface area contributed by atoms with Gasteiger partial charge in [-0.15, -0.1) is 0 Å². The number of carbonyl (C=O) groups is 3. The molecule has 15 heteroatoms. The summed E-state index contributed by atoms with van der Waals surface area (Å²) in [5, 5.41) is 18.2. The van der Waals surface area contributed by atoms with Gasteiger partial charge < -0.3 is 42.7 Å². The van der Waals surface area contributed by atoms with Gasteiger partial charge in [0.25, 0.3) is 0 Å². The molecule has 2 N–H and O–H groups in total. The number of hydrogen-bond donors (Lipinski definition) is 2.